The van der Waals surface area contributed by atoms with E-state index < -0.39 is 12.2 Å². The van der Waals surface area contributed by atoms with Crippen molar-refractivity contribution < 1.29 is 22.6 Å². The zero-order valence-electron chi connectivity index (χ0n) is 11.6. The molecule has 0 aliphatic heterocycles. The van der Waals surface area contributed by atoms with Gasteiger partial charge in [0, 0.05) is 23.4 Å². The average molecular weight is 307 g/mol. The van der Waals surface area contributed by atoms with Gasteiger partial charge in [0.1, 0.15) is 5.75 Å². The van der Waals surface area contributed by atoms with Crippen LogP contribution in [0.1, 0.15) is 18.1 Å². The van der Waals surface area contributed by atoms with Gasteiger partial charge < -0.3 is 9.47 Å². The van der Waals surface area contributed by atoms with E-state index in [1.54, 1.807) is 24.3 Å². The quantitative estimate of drug-likeness (QED) is 0.809. The molecular weight excluding hydrogens is 295 g/mol. The van der Waals surface area contributed by atoms with Gasteiger partial charge in [0.15, 0.2) is 0 Å². The van der Waals surface area contributed by atoms with E-state index in [2.05, 4.69) is 21.6 Å². The number of benzene rings is 1. The number of aromatic nitrogens is 1. The van der Waals surface area contributed by atoms with Crippen LogP contribution in [0.3, 0.4) is 0 Å². The van der Waals surface area contributed by atoms with Gasteiger partial charge in [-0.1, -0.05) is 11.8 Å². The molecule has 114 valence electrons. The van der Waals surface area contributed by atoms with Crippen LogP contribution >= 0.6 is 0 Å². The molecule has 2 aromatic rings. The van der Waals surface area contributed by atoms with Crippen molar-refractivity contribution in [3.8, 4) is 23.5 Å². The molecule has 0 spiro atoms. The summed E-state index contributed by atoms with van der Waals surface area (Å²) < 4.78 is 45.0. The molecule has 6 heteroatoms. The predicted molar refractivity (Wildman–Crippen MR) is 74.5 cm³/mol. The fourth-order valence-corrected chi connectivity index (χ4v) is 1.58. The highest BCUT2D eigenvalue weighted by molar-refractivity contribution is 5.44. The van der Waals surface area contributed by atoms with Gasteiger partial charge in [-0.05, 0) is 37.3 Å². The summed E-state index contributed by atoms with van der Waals surface area (Å²) in [5.74, 6) is 5.94. The van der Waals surface area contributed by atoms with Gasteiger partial charge in [0.25, 0.3) is 0 Å². The van der Waals surface area contributed by atoms with E-state index >= 15 is 0 Å². The first-order valence-electron chi connectivity index (χ1n) is 6.43. The summed E-state index contributed by atoms with van der Waals surface area (Å²) >= 11 is 0. The van der Waals surface area contributed by atoms with Crippen molar-refractivity contribution in [1.29, 1.82) is 0 Å². The maximum Gasteiger partial charge on any atom is 0.574 e. The highest BCUT2D eigenvalue weighted by atomic mass is 19.4. The van der Waals surface area contributed by atoms with Gasteiger partial charge in [-0.3, -0.25) is 0 Å². The summed E-state index contributed by atoms with van der Waals surface area (Å²) in [5.41, 5.74) is 1.25. The lowest BCUT2D eigenvalue weighted by Crippen LogP contribution is -2.17. The molecule has 0 unspecified atom stereocenters. The van der Waals surface area contributed by atoms with Gasteiger partial charge in [0.2, 0.25) is 5.88 Å². The van der Waals surface area contributed by atoms with Gasteiger partial charge >= 0.3 is 6.36 Å². The maximum absolute atomic E-state index is 12.0. The molecule has 0 bridgehead atoms. The second-order valence-corrected chi connectivity index (χ2v) is 4.14. The number of pyridine rings is 1. The Balaban J connectivity index is 2.05. The summed E-state index contributed by atoms with van der Waals surface area (Å²) in [4.78, 5) is 3.55. The first kappa shape index (κ1) is 15.7. The highest BCUT2D eigenvalue weighted by Gasteiger charge is 2.31. The molecular formula is C16H12F3NO2. The first-order valence-corrected chi connectivity index (χ1v) is 6.43. The zero-order chi connectivity index (χ0) is 16.0. The van der Waals surface area contributed by atoms with E-state index in [1.807, 2.05) is 6.92 Å². The molecule has 22 heavy (non-hydrogen) atoms. The number of nitrogens with zero attached hydrogens (tertiary/aromatic N) is 1. The minimum Gasteiger partial charge on any atom is -0.494 e. The van der Waals surface area contributed by atoms with Crippen LogP contribution in [0.5, 0.6) is 11.6 Å². The molecule has 0 fully saturated rings. The third kappa shape index (κ3) is 5.02. The molecule has 0 atom stereocenters. The van der Waals surface area contributed by atoms with E-state index in [9.17, 15) is 13.2 Å². The Kier molecular flexibility index (Phi) is 4.89. The fraction of sp³-hybridized carbons (Fsp3) is 0.188. The summed E-state index contributed by atoms with van der Waals surface area (Å²) in [6.45, 7) is 2.48. The van der Waals surface area contributed by atoms with Crippen LogP contribution in [0, 0.1) is 11.8 Å². The smallest absolute Gasteiger partial charge is 0.494 e. The lowest BCUT2D eigenvalue weighted by Gasteiger charge is -2.06. The molecule has 0 aliphatic carbocycles. The van der Waals surface area contributed by atoms with Crippen molar-refractivity contribution in [3.63, 3.8) is 0 Å². The number of alkyl halides is 3. The number of hydrogen-bond donors (Lipinski definition) is 0. The van der Waals surface area contributed by atoms with Crippen molar-refractivity contribution in [2.24, 2.45) is 0 Å². The first-order chi connectivity index (χ1) is 10.5. The molecule has 0 N–H and O–H groups in total. The van der Waals surface area contributed by atoms with Crippen LogP contribution in [-0.4, -0.2) is 18.0 Å². The Morgan fingerprint density at radius 2 is 1.64 bits per heavy atom. The van der Waals surface area contributed by atoms with Gasteiger partial charge in [-0.25, -0.2) is 4.98 Å². The van der Waals surface area contributed by atoms with Crippen molar-refractivity contribution in [1.82, 2.24) is 4.98 Å². The van der Waals surface area contributed by atoms with Crippen LogP contribution in [-0.2, 0) is 0 Å². The highest BCUT2D eigenvalue weighted by Crippen LogP contribution is 2.20. The third-order valence-electron chi connectivity index (χ3n) is 2.47. The molecule has 0 amide bonds. The van der Waals surface area contributed by atoms with Crippen molar-refractivity contribution in [3.05, 3.63) is 53.7 Å². The molecule has 1 heterocycles. The van der Waals surface area contributed by atoms with Gasteiger partial charge in [0.05, 0.1) is 6.61 Å². The van der Waals surface area contributed by atoms with Crippen molar-refractivity contribution in [2.75, 3.05) is 6.61 Å². The third-order valence-corrected chi connectivity index (χ3v) is 2.47. The maximum atomic E-state index is 12.0. The Morgan fingerprint density at radius 1 is 1.00 bits per heavy atom. The number of ether oxygens (including phenoxy) is 2. The Labute approximate surface area is 125 Å². The lowest BCUT2D eigenvalue weighted by molar-refractivity contribution is -0.276. The van der Waals surface area contributed by atoms with Gasteiger partial charge in [-0.15, -0.1) is 13.2 Å². The van der Waals surface area contributed by atoms with Crippen LogP contribution in [0.15, 0.2) is 42.6 Å². The van der Waals surface area contributed by atoms with Crippen LogP contribution < -0.4 is 9.47 Å². The molecule has 0 radical (unpaired) electrons. The minimum atomic E-state index is -4.75. The molecule has 1 aromatic heterocycles. The van der Waals surface area contributed by atoms with E-state index in [-0.39, 0.29) is 0 Å². The largest absolute Gasteiger partial charge is 0.574 e. The Hall–Kier alpha value is -2.68. The fourth-order valence-electron chi connectivity index (χ4n) is 1.58. The topological polar surface area (TPSA) is 31.4 Å². The standard InChI is InChI=1S/C16H12F3NO2/c1-2-21-14-8-5-12(6-9-14)3-4-13-7-10-15(20-11-13)22-16(17,18)19/h5-11H,2H2,1H3. The SMILES string of the molecule is CCOc1ccc(C#Cc2ccc(OC(F)(F)F)nc2)cc1. The van der Waals surface area contributed by atoms with E-state index in [4.69, 9.17) is 4.74 Å². The normalized spacial score (nSPS) is 10.5. The van der Waals surface area contributed by atoms with E-state index in [0.717, 1.165) is 17.4 Å². The van der Waals surface area contributed by atoms with E-state index in [0.29, 0.717) is 12.2 Å². The summed E-state index contributed by atoms with van der Waals surface area (Å²) in [6, 6.07) is 9.72. The lowest BCUT2D eigenvalue weighted by atomic mass is 10.2. The molecule has 0 saturated heterocycles. The van der Waals surface area contributed by atoms with Gasteiger partial charge in [-0.2, -0.15) is 0 Å². The number of rotatable bonds is 3. The Bertz CT molecular complexity index is 668. The van der Waals surface area contributed by atoms with Crippen molar-refractivity contribution >= 4 is 0 Å². The Morgan fingerprint density at radius 3 is 2.18 bits per heavy atom. The summed E-state index contributed by atoms with van der Waals surface area (Å²) in [7, 11) is 0. The second-order valence-electron chi connectivity index (χ2n) is 4.14. The second kappa shape index (κ2) is 6.85. The molecule has 0 saturated carbocycles. The minimum absolute atomic E-state index is 0.489. The summed E-state index contributed by atoms with van der Waals surface area (Å²) in [6.07, 6.45) is -3.52. The van der Waals surface area contributed by atoms with E-state index in [1.165, 1.54) is 12.3 Å². The van der Waals surface area contributed by atoms with Crippen LogP contribution in [0.25, 0.3) is 0 Å². The zero-order valence-corrected chi connectivity index (χ0v) is 11.6. The van der Waals surface area contributed by atoms with Crippen LogP contribution in [0.4, 0.5) is 13.2 Å². The predicted octanol–water partition coefficient (Wildman–Crippen LogP) is 3.78. The summed E-state index contributed by atoms with van der Waals surface area (Å²) in [5, 5.41) is 0. The molecule has 3 nitrogen and oxygen atoms in total. The number of hydrogen-bond acceptors (Lipinski definition) is 3. The molecule has 0 aliphatic rings. The monoisotopic (exact) mass is 307 g/mol. The van der Waals surface area contributed by atoms with Crippen LogP contribution in [0.2, 0.25) is 0 Å². The number of halogens is 3. The average Bonchev–Trinajstić information content (AvgIpc) is 2.47. The molecule has 1 aromatic carbocycles. The van der Waals surface area contributed by atoms with Crippen molar-refractivity contribution in [2.45, 2.75) is 13.3 Å². The molecule has 2 rings (SSSR count).